The van der Waals surface area contributed by atoms with E-state index in [1.807, 2.05) is 0 Å². The number of fused-ring (bicyclic) bond motifs is 1. The average molecular weight is 169 g/mol. The Morgan fingerprint density at radius 1 is 1.82 bits per heavy atom. The third-order valence-corrected chi connectivity index (χ3v) is 2.94. The van der Waals surface area contributed by atoms with Gasteiger partial charge < -0.3 is 5.11 Å². The molecule has 0 aromatic carbocycles. The lowest BCUT2D eigenvalue weighted by Crippen LogP contribution is -2.06. The molecule has 0 unspecified atom stereocenters. The molecule has 0 fully saturated rings. The lowest BCUT2D eigenvalue weighted by Gasteiger charge is -1.99. The molecule has 1 atom stereocenters. The largest absolute Gasteiger partial charge is 0.481 e. The Labute approximate surface area is 67.7 Å². The van der Waals surface area contributed by atoms with Crippen LogP contribution in [0.1, 0.15) is 22.9 Å². The van der Waals surface area contributed by atoms with E-state index in [4.69, 9.17) is 5.11 Å². The summed E-state index contributed by atoms with van der Waals surface area (Å²) in [4.78, 5) is 15.7. The van der Waals surface area contributed by atoms with Gasteiger partial charge in [0, 0.05) is 4.88 Å². The highest BCUT2D eigenvalue weighted by Crippen LogP contribution is 2.35. The molecule has 2 rings (SSSR count). The van der Waals surface area contributed by atoms with Crippen LogP contribution >= 0.6 is 11.3 Å². The van der Waals surface area contributed by atoms with E-state index in [1.54, 1.807) is 5.51 Å². The van der Waals surface area contributed by atoms with E-state index < -0.39 is 5.97 Å². The number of hydrogen-bond donors (Lipinski definition) is 1. The maximum atomic E-state index is 10.6. The summed E-state index contributed by atoms with van der Waals surface area (Å²) < 4.78 is 0. The lowest BCUT2D eigenvalue weighted by atomic mass is 10.1. The summed E-state index contributed by atoms with van der Waals surface area (Å²) in [5.41, 5.74) is 2.71. The summed E-state index contributed by atoms with van der Waals surface area (Å²) in [6, 6.07) is 0. The maximum absolute atomic E-state index is 10.6. The van der Waals surface area contributed by atoms with Gasteiger partial charge in [0.2, 0.25) is 0 Å². The molecule has 1 N–H and O–H groups in total. The van der Waals surface area contributed by atoms with Crippen LogP contribution in [0, 0.1) is 0 Å². The first-order valence-electron chi connectivity index (χ1n) is 3.44. The van der Waals surface area contributed by atoms with Crippen LogP contribution in [-0.2, 0) is 11.2 Å². The summed E-state index contributed by atoms with van der Waals surface area (Å²) in [5, 5.41) is 8.76. The van der Waals surface area contributed by atoms with Gasteiger partial charge in [-0.2, -0.15) is 0 Å². The third kappa shape index (κ3) is 0.939. The van der Waals surface area contributed by atoms with Crippen molar-refractivity contribution in [2.45, 2.75) is 18.8 Å². The number of nitrogens with zero attached hydrogens (tertiary/aromatic N) is 1. The molecule has 11 heavy (non-hydrogen) atoms. The van der Waals surface area contributed by atoms with Gasteiger partial charge in [-0.15, -0.1) is 11.3 Å². The molecule has 0 saturated heterocycles. The van der Waals surface area contributed by atoms with Crippen molar-refractivity contribution in [2.75, 3.05) is 0 Å². The van der Waals surface area contributed by atoms with E-state index in [0.29, 0.717) is 0 Å². The summed E-state index contributed by atoms with van der Waals surface area (Å²) in [5.74, 6) is -0.995. The Morgan fingerprint density at radius 3 is 3.36 bits per heavy atom. The highest BCUT2D eigenvalue weighted by Gasteiger charge is 2.30. The SMILES string of the molecule is O=C(O)[C@H]1CCc2ncsc21. The summed E-state index contributed by atoms with van der Waals surface area (Å²) in [6.45, 7) is 0. The van der Waals surface area contributed by atoms with Crippen LogP contribution in [0.5, 0.6) is 0 Å². The van der Waals surface area contributed by atoms with E-state index in [-0.39, 0.29) is 5.92 Å². The van der Waals surface area contributed by atoms with Gasteiger partial charge in [-0.25, -0.2) is 4.98 Å². The molecule has 0 aliphatic heterocycles. The van der Waals surface area contributed by atoms with Crippen molar-refractivity contribution in [1.82, 2.24) is 4.98 Å². The molecule has 3 nitrogen and oxygen atoms in total. The number of carboxylic acids is 1. The van der Waals surface area contributed by atoms with Crippen LogP contribution in [0.2, 0.25) is 0 Å². The topological polar surface area (TPSA) is 50.2 Å². The molecule has 1 aromatic heterocycles. The quantitative estimate of drug-likeness (QED) is 0.688. The van der Waals surface area contributed by atoms with E-state index in [1.165, 1.54) is 11.3 Å². The van der Waals surface area contributed by atoms with Crippen molar-refractivity contribution < 1.29 is 9.90 Å². The fourth-order valence-electron chi connectivity index (χ4n) is 1.40. The molecule has 58 valence electrons. The number of carboxylic acid groups (broad SMARTS) is 1. The first kappa shape index (κ1) is 6.79. The van der Waals surface area contributed by atoms with Gasteiger partial charge in [-0.05, 0) is 12.8 Å². The molecule has 1 aliphatic carbocycles. The first-order chi connectivity index (χ1) is 5.29. The van der Waals surface area contributed by atoms with Crippen LogP contribution in [0.25, 0.3) is 0 Å². The molecule has 1 heterocycles. The number of thiazole rings is 1. The molecule has 1 aliphatic rings. The van der Waals surface area contributed by atoms with Crippen molar-refractivity contribution in [3.63, 3.8) is 0 Å². The van der Waals surface area contributed by atoms with Crippen LogP contribution in [0.15, 0.2) is 5.51 Å². The first-order valence-corrected chi connectivity index (χ1v) is 4.32. The molecule has 0 radical (unpaired) electrons. The van der Waals surface area contributed by atoms with Crippen molar-refractivity contribution in [3.8, 4) is 0 Å². The fourth-order valence-corrected chi connectivity index (χ4v) is 2.36. The minimum atomic E-state index is -0.715. The predicted octanol–water partition coefficient (Wildman–Crippen LogP) is 1.26. The number of hydrogen-bond acceptors (Lipinski definition) is 3. The molecular weight excluding hydrogens is 162 g/mol. The second-order valence-electron chi connectivity index (χ2n) is 2.59. The van der Waals surface area contributed by atoms with Gasteiger partial charge >= 0.3 is 5.97 Å². The Hall–Kier alpha value is -0.900. The Kier molecular flexibility index (Phi) is 1.42. The van der Waals surface area contributed by atoms with Crippen LogP contribution in [0.3, 0.4) is 0 Å². The van der Waals surface area contributed by atoms with Crippen molar-refractivity contribution in [1.29, 1.82) is 0 Å². The van der Waals surface area contributed by atoms with Crippen LogP contribution in [-0.4, -0.2) is 16.1 Å². The number of aliphatic carboxylic acids is 1. The second-order valence-corrected chi connectivity index (χ2v) is 3.48. The van der Waals surface area contributed by atoms with Gasteiger partial charge in [0.1, 0.15) is 0 Å². The molecule has 0 amide bonds. The fraction of sp³-hybridized carbons (Fsp3) is 0.429. The van der Waals surface area contributed by atoms with Gasteiger partial charge in [0.25, 0.3) is 0 Å². The van der Waals surface area contributed by atoms with Crippen molar-refractivity contribution >= 4 is 17.3 Å². The molecule has 0 saturated carbocycles. The van der Waals surface area contributed by atoms with Crippen molar-refractivity contribution in [2.24, 2.45) is 0 Å². The van der Waals surface area contributed by atoms with Gasteiger partial charge in [-0.3, -0.25) is 4.79 Å². The molecule has 1 aromatic rings. The lowest BCUT2D eigenvalue weighted by molar-refractivity contribution is -0.138. The Balaban J connectivity index is 2.38. The molecule has 0 bridgehead atoms. The van der Waals surface area contributed by atoms with E-state index in [9.17, 15) is 4.79 Å². The highest BCUT2D eigenvalue weighted by molar-refractivity contribution is 7.10. The maximum Gasteiger partial charge on any atom is 0.311 e. The number of rotatable bonds is 1. The van der Waals surface area contributed by atoms with Crippen molar-refractivity contribution in [3.05, 3.63) is 16.1 Å². The second kappa shape index (κ2) is 2.30. The number of carbonyl (C=O) groups is 1. The predicted molar refractivity (Wildman–Crippen MR) is 40.8 cm³/mol. The third-order valence-electron chi connectivity index (χ3n) is 1.96. The van der Waals surface area contributed by atoms with E-state index in [0.717, 1.165) is 23.4 Å². The summed E-state index contributed by atoms with van der Waals surface area (Å²) in [7, 11) is 0. The van der Waals surface area contributed by atoms with Gasteiger partial charge in [0.05, 0.1) is 17.1 Å². The zero-order valence-electron chi connectivity index (χ0n) is 5.78. The number of aromatic nitrogens is 1. The average Bonchev–Trinajstić information content (AvgIpc) is 2.41. The van der Waals surface area contributed by atoms with E-state index >= 15 is 0 Å². The highest BCUT2D eigenvalue weighted by atomic mass is 32.1. The zero-order valence-corrected chi connectivity index (χ0v) is 6.60. The number of aryl methyl sites for hydroxylation is 1. The van der Waals surface area contributed by atoms with Gasteiger partial charge in [0.15, 0.2) is 0 Å². The summed E-state index contributed by atoms with van der Waals surface area (Å²) in [6.07, 6.45) is 1.56. The zero-order chi connectivity index (χ0) is 7.84. The normalized spacial score (nSPS) is 21.6. The molecular formula is C7H7NO2S. The smallest absolute Gasteiger partial charge is 0.311 e. The van der Waals surface area contributed by atoms with Crippen LogP contribution in [0.4, 0.5) is 0 Å². The monoisotopic (exact) mass is 169 g/mol. The summed E-state index contributed by atoms with van der Waals surface area (Å²) >= 11 is 1.46. The van der Waals surface area contributed by atoms with Gasteiger partial charge in [-0.1, -0.05) is 0 Å². The molecule has 0 spiro atoms. The van der Waals surface area contributed by atoms with E-state index in [2.05, 4.69) is 4.98 Å². The molecule has 4 heteroatoms. The Bertz CT molecular complexity index is 294. The minimum absolute atomic E-state index is 0.280. The standard InChI is InChI=1S/C7H7NO2S/c9-7(10)4-1-2-5-6(4)11-3-8-5/h3-4H,1-2H2,(H,9,10)/t4-/m0/s1. The minimum Gasteiger partial charge on any atom is -0.481 e. The van der Waals surface area contributed by atoms with Crippen LogP contribution < -0.4 is 0 Å². The Morgan fingerprint density at radius 2 is 2.64 bits per heavy atom.